The van der Waals surface area contributed by atoms with Crippen LogP contribution in [0.5, 0.6) is 0 Å². The molecule has 1 aliphatic carbocycles. The first-order chi connectivity index (χ1) is 15.5. The smallest absolute Gasteiger partial charge is 0.227 e. The second-order valence-electron chi connectivity index (χ2n) is 8.62. The highest BCUT2D eigenvalue weighted by Gasteiger charge is 2.43. The number of aromatic nitrogens is 4. The Morgan fingerprint density at radius 2 is 2.06 bits per heavy atom. The molecule has 0 radical (unpaired) electrons. The maximum Gasteiger partial charge on any atom is 0.227 e. The van der Waals surface area contributed by atoms with Crippen LogP contribution in [0, 0.1) is 12.3 Å². The summed E-state index contributed by atoms with van der Waals surface area (Å²) in [7, 11) is -1.11. The van der Waals surface area contributed by atoms with E-state index in [4.69, 9.17) is 16.4 Å². The van der Waals surface area contributed by atoms with Crippen LogP contribution in [0.4, 0.5) is 11.8 Å². The van der Waals surface area contributed by atoms with Crippen molar-refractivity contribution in [3.05, 3.63) is 35.6 Å². The Kier molecular flexibility index (Phi) is 5.43. The number of aryl methyl sites for hydroxylation is 1. The summed E-state index contributed by atoms with van der Waals surface area (Å²) >= 11 is 0. The summed E-state index contributed by atoms with van der Waals surface area (Å²) in [6.07, 6.45) is 14.5. The molecule has 5 rings (SSSR count). The van der Waals surface area contributed by atoms with Crippen molar-refractivity contribution in [3.63, 3.8) is 0 Å². The molecule has 8 nitrogen and oxygen atoms in total. The van der Waals surface area contributed by atoms with Gasteiger partial charge in [-0.15, -0.1) is 6.42 Å². The van der Waals surface area contributed by atoms with E-state index in [1.165, 1.54) is 0 Å². The summed E-state index contributed by atoms with van der Waals surface area (Å²) < 4.78 is 12.7. The standard InChI is InChI=1S/C23H26N6O2S/c1-3-16-13-24-20(25-14-16)17-5-10-29(11-6-17)22-26-18-7-12-32(31)19(18)21(27-22)28-23(15(2)30)8-4-9-23/h1,5,13-15,30H,4,6-12H2,2H3,(H,26,27,28). The number of aliphatic hydroxyl groups is 1. The van der Waals surface area contributed by atoms with E-state index in [-0.39, 0.29) is 0 Å². The molecule has 0 amide bonds. The fourth-order valence-electron chi connectivity index (χ4n) is 4.47. The zero-order valence-electron chi connectivity index (χ0n) is 18.0. The molecule has 2 aliphatic heterocycles. The van der Waals surface area contributed by atoms with Gasteiger partial charge in [0.25, 0.3) is 0 Å². The van der Waals surface area contributed by atoms with Crippen LogP contribution in [0.25, 0.3) is 5.57 Å². The van der Waals surface area contributed by atoms with Gasteiger partial charge in [-0.25, -0.2) is 15.0 Å². The lowest BCUT2D eigenvalue weighted by Gasteiger charge is -2.45. The van der Waals surface area contributed by atoms with Crippen molar-refractivity contribution in [2.45, 2.75) is 55.6 Å². The molecule has 1 saturated carbocycles. The van der Waals surface area contributed by atoms with Crippen molar-refractivity contribution in [3.8, 4) is 12.3 Å². The summed E-state index contributed by atoms with van der Waals surface area (Å²) in [4.78, 5) is 21.1. The van der Waals surface area contributed by atoms with E-state index in [0.29, 0.717) is 46.8 Å². The Labute approximate surface area is 190 Å². The van der Waals surface area contributed by atoms with Crippen LogP contribution >= 0.6 is 0 Å². The van der Waals surface area contributed by atoms with Gasteiger partial charge in [-0.05, 0) is 38.2 Å². The van der Waals surface area contributed by atoms with E-state index in [0.717, 1.165) is 43.5 Å². The van der Waals surface area contributed by atoms with Crippen molar-refractivity contribution in [1.82, 2.24) is 19.9 Å². The van der Waals surface area contributed by atoms with Crippen molar-refractivity contribution < 1.29 is 9.32 Å². The van der Waals surface area contributed by atoms with Gasteiger partial charge in [-0.2, -0.15) is 4.98 Å². The predicted molar refractivity (Wildman–Crippen MR) is 124 cm³/mol. The largest absolute Gasteiger partial charge is 0.391 e. The third-order valence-electron chi connectivity index (χ3n) is 6.69. The Morgan fingerprint density at radius 3 is 2.66 bits per heavy atom. The van der Waals surface area contributed by atoms with Crippen LogP contribution in [0.1, 0.15) is 49.7 Å². The van der Waals surface area contributed by atoms with Crippen LogP contribution < -0.4 is 10.2 Å². The van der Waals surface area contributed by atoms with Crippen molar-refractivity contribution >= 4 is 28.1 Å². The molecule has 2 atom stereocenters. The number of nitrogens with one attached hydrogen (secondary N) is 1. The minimum atomic E-state index is -1.11. The number of anilines is 2. The Balaban J connectivity index is 1.41. The molecule has 2 N–H and O–H groups in total. The number of hydrogen-bond acceptors (Lipinski definition) is 8. The molecule has 2 unspecified atom stereocenters. The Hall–Kier alpha value is -2.83. The van der Waals surface area contributed by atoms with Gasteiger partial charge < -0.3 is 15.3 Å². The number of nitrogens with zero attached hydrogens (tertiary/aromatic N) is 5. The van der Waals surface area contributed by atoms with Gasteiger partial charge in [0.05, 0.1) is 33.7 Å². The SMILES string of the molecule is C#Cc1cnc(C2=CCN(c3nc4c(c(NC5(C(C)O)CCC5)n3)S(=O)CC4)CC2)nc1. The number of rotatable bonds is 5. The molecular formula is C23H26N6O2S. The van der Waals surface area contributed by atoms with Crippen LogP contribution in [0.3, 0.4) is 0 Å². The molecule has 2 aromatic heterocycles. The fourth-order valence-corrected chi connectivity index (χ4v) is 5.78. The van der Waals surface area contributed by atoms with Crippen molar-refractivity contribution in [2.75, 3.05) is 29.1 Å². The molecular weight excluding hydrogens is 424 g/mol. The molecule has 2 aromatic rings. The Morgan fingerprint density at radius 1 is 1.28 bits per heavy atom. The first kappa shape index (κ1) is 21.0. The molecule has 166 valence electrons. The van der Waals surface area contributed by atoms with E-state index >= 15 is 0 Å². The monoisotopic (exact) mass is 450 g/mol. The van der Waals surface area contributed by atoms with Crippen LogP contribution in [0.2, 0.25) is 0 Å². The second kappa shape index (κ2) is 8.26. The van der Waals surface area contributed by atoms with E-state index in [1.54, 1.807) is 19.3 Å². The molecule has 9 heteroatoms. The van der Waals surface area contributed by atoms with Gasteiger partial charge in [0.15, 0.2) is 5.82 Å². The molecule has 0 spiro atoms. The molecule has 32 heavy (non-hydrogen) atoms. The Bertz CT molecular complexity index is 1130. The van der Waals surface area contributed by atoms with Gasteiger partial charge in [-0.3, -0.25) is 4.21 Å². The number of fused-ring (bicyclic) bond motifs is 1. The summed E-state index contributed by atoms with van der Waals surface area (Å²) in [6.45, 7) is 3.17. The first-order valence-corrected chi connectivity index (χ1v) is 12.3. The van der Waals surface area contributed by atoms with Crippen molar-refractivity contribution in [1.29, 1.82) is 0 Å². The number of aliphatic hydroxyl groups excluding tert-OH is 1. The van der Waals surface area contributed by atoms with Gasteiger partial charge >= 0.3 is 0 Å². The predicted octanol–water partition coefficient (Wildman–Crippen LogP) is 1.92. The lowest BCUT2D eigenvalue weighted by Crippen LogP contribution is -2.53. The lowest BCUT2D eigenvalue weighted by molar-refractivity contribution is 0.0631. The minimum absolute atomic E-state index is 0.400. The molecule has 3 aliphatic rings. The van der Waals surface area contributed by atoms with E-state index in [1.807, 2.05) is 0 Å². The molecule has 4 heterocycles. The van der Waals surface area contributed by atoms with E-state index < -0.39 is 22.4 Å². The highest BCUT2D eigenvalue weighted by molar-refractivity contribution is 7.85. The second-order valence-corrected chi connectivity index (χ2v) is 10.1. The van der Waals surface area contributed by atoms with Gasteiger partial charge in [0.1, 0.15) is 10.7 Å². The average Bonchev–Trinajstić information content (AvgIpc) is 3.17. The van der Waals surface area contributed by atoms with E-state index in [2.05, 4.69) is 32.2 Å². The molecule has 0 aromatic carbocycles. The van der Waals surface area contributed by atoms with Gasteiger partial charge in [0.2, 0.25) is 5.95 Å². The van der Waals surface area contributed by atoms with Gasteiger partial charge in [-0.1, -0.05) is 12.0 Å². The van der Waals surface area contributed by atoms with Crippen molar-refractivity contribution in [2.24, 2.45) is 0 Å². The lowest BCUT2D eigenvalue weighted by atomic mass is 9.73. The summed E-state index contributed by atoms with van der Waals surface area (Å²) in [6, 6.07) is 0. The highest BCUT2D eigenvalue weighted by atomic mass is 32.2. The third kappa shape index (κ3) is 3.67. The molecule has 0 saturated heterocycles. The molecule has 1 fully saturated rings. The quantitative estimate of drug-likeness (QED) is 0.666. The summed E-state index contributed by atoms with van der Waals surface area (Å²) in [5.41, 5.74) is 2.19. The normalized spacial score (nSPS) is 22.3. The van der Waals surface area contributed by atoms with Gasteiger partial charge in [0, 0.05) is 37.7 Å². The summed E-state index contributed by atoms with van der Waals surface area (Å²) in [5.74, 6) is 5.04. The zero-order chi connectivity index (χ0) is 22.3. The number of hydrogen-bond donors (Lipinski definition) is 2. The average molecular weight is 451 g/mol. The first-order valence-electron chi connectivity index (χ1n) is 11.0. The fraction of sp³-hybridized carbons (Fsp3) is 0.478. The highest BCUT2D eigenvalue weighted by Crippen LogP contribution is 2.40. The topological polar surface area (TPSA) is 104 Å². The van der Waals surface area contributed by atoms with Crippen LogP contribution in [0.15, 0.2) is 23.4 Å². The van der Waals surface area contributed by atoms with Crippen LogP contribution in [-0.2, 0) is 17.2 Å². The number of terminal acetylenes is 1. The maximum atomic E-state index is 12.7. The zero-order valence-corrected chi connectivity index (χ0v) is 18.9. The van der Waals surface area contributed by atoms with Crippen LogP contribution in [-0.4, -0.2) is 59.7 Å². The summed E-state index contributed by atoms with van der Waals surface area (Å²) in [5, 5.41) is 13.8. The third-order valence-corrected chi connectivity index (χ3v) is 8.15. The maximum absolute atomic E-state index is 12.7. The van der Waals surface area contributed by atoms with E-state index in [9.17, 15) is 9.32 Å². The minimum Gasteiger partial charge on any atom is -0.391 e. The molecule has 0 bridgehead atoms.